The van der Waals surface area contributed by atoms with Crippen LogP contribution in [0.25, 0.3) is 10.9 Å². The lowest BCUT2D eigenvalue weighted by molar-refractivity contribution is 0.0691. The van der Waals surface area contributed by atoms with Gasteiger partial charge in [-0.15, -0.1) is 0 Å². The van der Waals surface area contributed by atoms with E-state index in [4.69, 9.17) is 5.11 Å². The van der Waals surface area contributed by atoms with Crippen LogP contribution in [-0.4, -0.2) is 16.1 Å². The number of aromatic carboxylic acids is 1. The van der Waals surface area contributed by atoms with Gasteiger partial charge in [0.05, 0.1) is 5.52 Å². The Labute approximate surface area is 94.9 Å². The number of hydrogen-bond acceptors (Lipinski definition) is 2. The summed E-state index contributed by atoms with van der Waals surface area (Å²) in [6.45, 7) is 1.88. The van der Waals surface area contributed by atoms with E-state index in [0.717, 1.165) is 15.4 Å². The Morgan fingerprint density at radius 2 is 2.13 bits per heavy atom. The Morgan fingerprint density at radius 1 is 1.40 bits per heavy atom. The van der Waals surface area contributed by atoms with Crippen molar-refractivity contribution in [1.82, 2.24) is 4.98 Å². The molecule has 0 aliphatic rings. The summed E-state index contributed by atoms with van der Waals surface area (Å²) < 4.78 is 0.961. The SMILES string of the molecule is Cc1cc(C(=O)O)nc2ccc(Br)cc12. The number of carboxylic acids is 1. The molecule has 0 spiro atoms. The Balaban J connectivity index is 2.78. The summed E-state index contributed by atoms with van der Waals surface area (Å²) in [4.78, 5) is 14.8. The van der Waals surface area contributed by atoms with Crippen LogP contribution in [-0.2, 0) is 0 Å². The standard InChI is InChI=1S/C11H8BrNO2/c1-6-4-10(11(14)15)13-9-3-2-7(12)5-8(6)9/h2-5H,1H3,(H,14,15). The van der Waals surface area contributed by atoms with E-state index in [1.165, 1.54) is 0 Å². The second-order valence-corrected chi connectivity index (χ2v) is 4.21. The molecule has 0 saturated heterocycles. The maximum Gasteiger partial charge on any atom is 0.354 e. The van der Waals surface area contributed by atoms with Crippen molar-refractivity contribution >= 4 is 32.8 Å². The molecule has 0 atom stereocenters. The van der Waals surface area contributed by atoms with Crippen LogP contribution in [0.5, 0.6) is 0 Å². The first-order chi connectivity index (χ1) is 7.08. The van der Waals surface area contributed by atoms with Gasteiger partial charge in [0.2, 0.25) is 0 Å². The van der Waals surface area contributed by atoms with Crippen LogP contribution < -0.4 is 0 Å². The molecule has 0 unspecified atom stereocenters. The third-order valence-corrected chi connectivity index (χ3v) is 2.69. The van der Waals surface area contributed by atoms with Crippen LogP contribution >= 0.6 is 15.9 Å². The van der Waals surface area contributed by atoms with E-state index in [1.807, 2.05) is 19.1 Å². The van der Waals surface area contributed by atoms with Gasteiger partial charge in [0.1, 0.15) is 5.69 Å². The van der Waals surface area contributed by atoms with Crippen LogP contribution in [0.4, 0.5) is 0 Å². The average molecular weight is 266 g/mol. The van der Waals surface area contributed by atoms with E-state index in [0.29, 0.717) is 5.52 Å². The summed E-state index contributed by atoms with van der Waals surface area (Å²) >= 11 is 3.37. The normalized spacial score (nSPS) is 10.5. The van der Waals surface area contributed by atoms with Crippen molar-refractivity contribution in [2.24, 2.45) is 0 Å². The maximum absolute atomic E-state index is 10.8. The highest BCUT2D eigenvalue weighted by Crippen LogP contribution is 2.22. The fraction of sp³-hybridized carbons (Fsp3) is 0.0909. The molecule has 15 heavy (non-hydrogen) atoms. The zero-order valence-electron chi connectivity index (χ0n) is 7.99. The number of aryl methyl sites for hydroxylation is 1. The largest absolute Gasteiger partial charge is 0.477 e. The predicted octanol–water partition coefficient (Wildman–Crippen LogP) is 3.00. The van der Waals surface area contributed by atoms with Gasteiger partial charge in [0, 0.05) is 9.86 Å². The molecule has 0 bridgehead atoms. The summed E-state index contributed by atoms with van der Waals surface area (Å²) in [6, 6.07) is 7.17. The molecule has 1 aromatic heterocycles. The smallest absolute Gasteiger partial charge is 0.354 e. The van der Waals surface area contributed by atoms with Crippen molar-refractivity contribution in [2.45, 2.75) is 6.92 Å². The first kappa shape index (κ1) is 10.1. The lowest BCUT2D eigenvalue weighted by Crippen LogP contribution is -2.01. The molecule has 1 heterocycles. The third-order valence-electron chi connectivity index (χ3n) is 2.20. The molecule has 76 valence electrons. The van der Waals surface area contributed by atoms with Gasteiger partial charge in [-0.3, -0.25) is 0 Å². The van der Waals surface area contributed by atoms with E-state index in [9.17, 15) is 4.79 Å². The maximum atomic E-state index is 10.8. The predicted molar refractivity (Wildman–Crippen MR) is 61.1 cm³/mol. The van der Waals surface area contributed by atoms with Gasteiger partial charge in [0.25, 0.3) is 0 Å². The van der Waals surface area contributed by atoms with Crippen LogP contribution in [0.2, 0.25) is 0 Å². The molecule has 1 aromatic carbocycles. The first-order valence-corrected chi connectivity index (χ1v) is 5.17. The third kappa shape index (κ3) is 1.85. The molecular weight excluding hydrogens is 258 g/mol. The molecule has 0 aliphatic heterocycles. The van der Waals surface area contributed by atoms with Crippen molar-refractivity contribution in [3.8, 4) is 0 Å². The minimum atomic E-state index is -0.997. The molecule has 2 aromatic rings. The highest BCUT2D eigenvalue weighted by atomic mass is 79.9. The van der Waals surface area contributed by atoms with Crippen LogP contribution in [0, 0.1) is 6.92 Å². The lowest BCUT2D eigenvalue weighted by atomic mass is 10.1. The number of hydrogen-bond donors (Lipinski definition) is 1. The first-order valence-electron chi connectivity index (χ1n) is 4.38. The topological polar surface area (TPSA) is 50.2 Å². The minimum Gasteiger partial charge on any atom is -0.477 e. The van der Waals surface area contributed by atoms with E-state index < -0.39 is 5.97 Å². The lowest BCUT2D eigenvalue weighted by Gasteiger charge is -2.03. The molecular formula is C11H8BrNO2. The highest BCUT2D eigenvalue weighted by molar-refractivity contribution is 9.10. The zero-order chi connectivity index (χ0) is 11.0. The number of fused-ring (bicyclic) bond motifs is 1. The number of pyridine rings is 1. The molecule has 0 fully saturated rings. The second-order valence-electron chi connectivity index (χ2n) is 3.29. The zero-order valence-corrected chi connectivity index (χ0v) is 9.58. The quantitative estimate of drug-likeness (QED) is 0.863. The van der Waals surface area contributed by atoms with E-state index in [1.54, 1.807) is 12.1 Å². The van der Waals surface area contributed by atoms with E-state index in [-0.39, 0.29) is 5.69 Å². The Morgan fingerprint density at radius 3 is 2.80 bits per heavy atom. The Hall–Kier alpha value is -1.42. The monoisotopic (exact) mass is 265 g/mol. The number of rotatable bonds is 1. The number of benzene rings is 1. The van der Waals surface area contributed by atoms with Crippen LogP contribution in [0.15, 0.2) is 28.7 Å². The number of aromatic nitrogens is 1. The van der Waals surface area contributed by atoms with E-state index >= 15 is 0 Å². The number of carboxylic acid groups (broad SMARTS) is 1. The number of halogens is 1. The summed E-state index contributed by atoms with van der Waals surface area (Å²) in [5.41, 5.74) is 1.71. The second kappa shape index (κ2) is 3.62. The summed E-state index contributed by atoms with van der Waals surface area (Å²) in [5.74, 6) is -0.997. The minimum absolute atomic E-state index is 0.0855. The Kier molecular flexibility index (Phi) is 2.44. The molecule has 0 saturated carbocycles. The molecule has 0 radical (unpaired) electrons. The van der Waals surface area contributed by atoms with Crippen molar-refractivity contribution in [3.63, 3.8) is 0 Å². The summed E-state index contributed by atoms with van der Waals surface area (Å²) in [6.07, 6.45) is 0. The molecule has 1 N–H and O–H groups in total. The van der Waals surface area contributed by atoms with Crippen molar-refractivity contribution < 1.29 is 9.90 Å². The van der Waals surface area contributed by atoms with Crippen molar-refractivity contribution in [1.29, 1.82) is 0 Å². The number of nitrogens with zero attached hydrogens (tertiary/aromatic N) is 1. The Bertz CT molecular complexity index is 552. The summed E-state index contributed by atoms with van der Waals surface area (Å²) in [7, 11) is 0. The fourth-order valence-corrected chi connectivity index (χ4v) is 1.84. The summed E-state index contributed by atoms with van der Waals surface area (Å²) in [5, 5.41) is 9.82. The van der Waals surface area contributed by atoms with Crippen molar-refractivity contribution in [2.75, 3.05) is 0 Å². The van der Waals surface area contributed by atoms with Gasteiger partial charge < -0.3 is 5.11 Å². The van der Waals surface area contributed by atoms with Crippen molar-refractivity contribution in [3.05, 3.63) is 40.0 Å². The van der Waals surface area contributed by atoms with Gasteiger partial charge in [-0.2, -0.15) is 0 Å². The molecule has 4 heteroatoms. The van der Waals surface area contributed by atoms with Crippen LogP contribution in [0.1, 0.15) is 16.1 Å². The van der Waals surface area contributed by atoms with Gasteiger partial charge in [-0.05, 0) is 36.8 Å². The fourth-order valence-electron chi connectivity index (χ4n) is 1.48. The van der Waals surface area contributed by atoms with Crippen LogP contribution in [0.3, 0.4) is 0 Å². The van der Waals surface area contributed by atoms with E-state index in [2.05, 4.69) is 20.9 Å². The average Bonchev–Trinajstić information content (AvgIpc) is 2.18. The van der Waals surface area contributed by atoms with Gasteiger partial charge in [-0.1, -0.05) is 15.9 Å². The molecule has 2 rings (SSSR count). The molecule has 0 amide bonds. The van der Waals surface area contributed by atoms with Gasteiger partial charge in [-0.25, -0.2) is 9.78 Å². The van der Waals surface area contributed by atoms with Gasteiger partial charge >= 0.3 is 5.97 Å². The van der Waals surface area contributed by atoms with Gasteiger partial charge in [0.15, 0.2) is 0 Å². The molecule has 0 aliphatic carbocycles. The number of carbonyl (C=O) groups is 1. The highest BCUT2D eigenvalue weighted by Gasteiger charge is 2.08. The molecule has 3 nitrogen and oxygen atoms in total.